The van der Waals surface area contributed by atoms with Crippen LogP contribution in [0.5, 0.6) is 0 Å². The van der Waals surface area contributed by atoms with Gasteiger partial charge < -0.3 is 4.57 Å². The van der Waals surface area contributed by atoms with Gasteiger partial charge in [-0.3, -0.25) is 0 Å². The van der Waals surface area contributed by atoms with Crippen molar-refractivity contribution in [3.63, 3.8) is 0 Å². The van der Waals surface area contributed by atoms with Crippen LogP contribution in [-0.4, -0.2) is 14.8 Å². The summed E-state index contributed by atoms with van der Waals surface area (Å²) in [6, 6.07) is 16.7. The van der Waals surface area contributed by atoms with E-state index in [-0.39, 0.29) is 0 Å². The summed E-state index contributed by atoms with van der Waals surface area (Å²) in [6.07, 6.45) is 0. The summed E-state index contributed by atoms with van der Waals surface area (Å²) < 4.78 is 3.24. The first-order chi connectivity index (χ1) is 11.2. The van der Waals surface area contributed by atoms with Gasteiger partial charge in [0.1, 0.15) is 0 Å². The first-order valence-electron chi connectivity index (χ1n) is 7.55. The number of benzene rings is 2. The van der Waals surface area contributed by atoms with Crippen molar-refractivity contribution < 1.29 is 0 Å². The molecule has 1 aromatic heterocycles. The maximum Gasteiger partial charge on any atom is 0.191 e. The van der Waals surface area contributed by atoms with Crippen LogP contribution in [0.25, 0.3) is 11.4 Å². The highest BCUT2D eigenvalue weighted by Gasteiger charge is 2.13. The average molecular weight is 388 g/mol. The summed E-state index contributed by atoms with van der Waals surface area (Å²) in [6.45, 7) is 5.13. The Hall–Kier alpha value is -1.59. The summed E-state index contributed by atoms with van der Waals surface area (Å²) in [7, 11) is 0. The molecular formula is C18H18BrN3S. The molecule has 23 heavy (non-hydrogen) atoms. The maximum atomic E-state index is 4.40. The summed E-state index contributed by atoms with van der Waals surface area (Å²) >= 11 is 5.21. The summed E-state index contributed by atoms with van der Waals surface area (Å²) in [5.41, 5.74) is 3.74. The molecular weight excluding hydrogens is 370 g/mol. The van der Waals surface area contributed by atoms with Crippen LogP contribution in [0.4, 0.5) is 0 Å². The summed E-state index contributed by atoms with van der Waals surface area (Å²) in [5.74, 6) is 1.83. The molecule has 0 saturated heterocycles. The van der Waals surface area contributed by atoms with E-state index in [1.165, 1.54) is 11.1 Å². The predicted octanol–water partition coefficient (Wildman–Crippen LogP) is 5.33. The van der Waals surface area contributed by atoms with Crippen molar-refractivity contribution >= 4 is 27.7 Å². The molecule has 0 aliphatic carbocycles. The van der Waals surface area contributed by atoms with Gasteiger partial charge in [-0.25, -0.2) is 0 Å². The minimum absolute atomic E-state index is 0.856. The molecule has 1 heterocycles. The number of rotatable bonds is 5. The zero-order chi connectivity index (χ0) is 16.2. The van der Waals surface area contributed by atoms with Crippen molar-refractivity contribution in [3.8, 4) is 11.4 Å². The van der Waals surface area contributed by atoms with Crippen molar-refractivity contribution in [2.75, 3.05) is 0 Å². The Morgan fingerprint density at radius 2 is 1.78 bits per heavy atom. The number of nitrogens with zero attached hydrogens (tertiary/aromatic N) is 3. The van der Waals surface area contributed by atoms with Crippen molar-refractivity contribution in [2.45, 2.75) is 31.3 Å². The molecule has 3 rings (SSSR count). The van der Waals surface area contributed by atoms with Crippen LogP contribution >= 0.6 is 27.7 Å². The molecule has 118 valence electrons. The largest absolute Gasteiger partial charge is 0.302 e. The summed E-state index contributed by atoms with van der Waals surface area (Å²) in [5, 5.41) is 9.76. The van der Waals surface area contributed by atoms with E-state index in [1.807, 2.05) is 12.1 Å². The minimum atomic E-state index is 0.856. The van der Waals surface area contributed by atoms with Crippen LogP contribution in [0.1, 0.15) is 18.1 Å². The Balaban J connectivity index is 1.84. The van der Waals surface area contributed by atoms with E-state index in [2.05, 4.69) is 80.9 Å². The van der Waals surface area contributed by atoms with Gasteiger partial charge in [0, 0.05) is 22.3 Å². The first kappa shape index (κ1) is 16.3. The van der Waals surface area contributed by atoms with E-state index >= 15 is 0 Å². The Labute approximate surface area is 149 Å². The van der Waals surface area contributed by atoms with E-state index in [0.29, 0.717) is 0 Å². The molecule has 0 amide bonds. The highest BCUT2D eigenvalue weighted by molar-refractivity contribution is 9.10. The molecule has 3 aromatic rings. The second-order valence-electron chi connectivity index (χ2n) is 5.27. The van der Waals surface area contributed by atoms with Gasteiger partial charge in [-0.05, 0) is 37.1 Å². The van der Waals surface area contributed by atoms with Crippen LogP contribution in [-0.2, 0) is 12.3 Å². The standard InChI is InChI=1S/C18H18BrN3S/c1-3-22-17(14-8-10-16(19)11-9-14)20-21-18(22)23-12-15-7-5-4-6-13(15)2/h4-11H,3,12H2,1-2H3. The second-order valence-corrected chi connectivity index (χ2v) is 7.13. The Kier molecular flexibility index (Phi) is 5.18. The lowest BCUT2D eigenvalue weighted by atomic mass is 10.1. The molecule has 5 heteroatoms. The fraction of sp³-hybridized carbons (Fsp3) is 0.222. The number of thioether (sulfide) groups is 1. The molecule has 0 aliphatic heterocycles. The molecule has 0 saturated carbocycles. The topological polar surface area (TPSA) is 30.7 Å². The minimum Gasteiger partial charge on any atom is -0.302 e. The van der Waals surface area contributed by atoms with E-state index < -0.39 is 0 Å². The molecule has 0 N–H and O–H groups in total. The lowest BCUT2D eigenvalue weighted by molar-refractivity contribution is 0.687. The highest BCUT2D eigenvalue weighted by Crippen LogP contribution is 2.27. The van der Waals surface area contributed by atoms with Crippen molar-refractivity contribution in [1.29, 1.82) is 0 Å². The third-order valence-corrected chi connectivity index (χ3v) is 5.30. The normalized spacial score (nSPS) is 10.9. The quantitative estimate of drug-likeness (QED) is 0.554. The fourth-order valence-corrected chi connectivity index (χ4v) is 3.75. The lowest BCUT2D eigenvalue weighted by Gasteiger charge is -2.08. The van der Waals surface area contributed by atoms with Gasteiger partial charge in [0.15, 0.2) is 11.0 Å². The molecule has 0 radical (unpaired) electrons. The molecule has 0 bridgehead atoms. The Morgan fingerprint density at radius 1 is 1.04 bits per heavy atom. The van der Waals surface area contributed by atoms with Gasteiger partial charge in [-0.2, -0.15) is 0 Å². The van der Waals surface area contributed by atoms with E-state index in [9.17, 15) is 0 Å². The fourth-order valence-electron chi connectivity index (χ4n) is 2.41. The average Bonchev–Trinajstić information content (AvgIpc) is 2.97. The van der Waals surface area contributed by atoms with Crippen LogP contribution < -0.4 is 0 Å². The second kappa shape index (κ2) is 7.32. The van der Waals surface area contributed by atoms with E-state index in [0.717, 1.165) is 33.3 Å². The zero-order valence-corrected chi connectivity index (χ0v) is 15.6. The summed E-state index contributed by atoms with van der Waals surface area (Å²) in [4.78, 5) is 0. The SMILES string of the molecule is CCn1c(SCc2ccccc2C)nnc1-c1ccc(Br)cc1. The van der Waals surface area contributed by atoms with Gasteiger partial charge in [-0.15, -0.1) is 10.2 Å². The smallest absolute Gasteiger partial charge is 0.191 e. The van der Waals surface area contributed by atoms with Gasteiger partial charge in [-0.1, -0.05) is 64.1 Å². The molecule has 0 aliphatic rings. The molecule has 0 fully saturated rings. The van der Waals surface area contributed by atoms with E-state index in [4.69, 9.17) is 0 Å². The Bertz CT molecular complexity index is 796. The van der Waals surface area contributed by atoms with Crippen LogP contribution in [0.3, 0.4) is 0 Å². The van der Waals surface area contributed by atoms with Crippen molar-refractivity contribution in [2.24, 2.45) is 0 Å². The van der Waals surface area contributed by atoms with Gasteiger partial charge in [0.25, 0.3) is 0 Å². The molecule has 0 spiro atoms. The van der Waals surface area contributed by atoms with Gasteiger partial charge in [0.2, 0.25) is 0 Å². The monoisotopic (exact) mass is 387 g/mol. The number of hydrogen-bond acceptors (Lipinski definition) is 3. The number of aryl methyl sites for hydroxylation is 1. The third kappa shape index (κ3) is 3.67. The molecule has 2 aromatic carbocycles. The predicted molar refractivity (Wildman–Crippen MR) is 99.6 cm³/mol. The molecule has 0 atom stereocenters. The zero-order valence-electron chi connectivity index (χ0n) is 13.2. The van der Waals surface area contributed by atoms with E-state index in [1.54, 1.807) is 11.8 Å². The third-order valence-electron chi connectivity index (χ3n) is 3.75. The van der Waals surface area contributed by atoms with Gasteiger partial charge >= 0.3 is 0 Å². The van der Waals surface area contributed by atoms with Gasteiger partial charge in [0.05, 0.1) is 0 Å². The number of halogens is 1. The van der Waals surface area contributed by atoms with Crippen molar-refractivity contribution in [3.05, 3.63) is 64.1 Å². The highest BCUT2D eigenvalue weighted by atomic mass is 79.9. The van der Waals surface area contributed by atoms with Crippen LogP contribution in [0, 0.1) is 6.92 Å². The number of hydrogen-bond donors (Lipinski definition) is 0. The first-order valence-corrected chi connectivity index (χ1v) is 9.33. The van der Waals surface area contributed by atoms with Crippen LogP contribution in [0.2, 0.25) is 0 Å². The van der Waals surface area contributed by atoms with Crippen LogP contribution in [0.15, 0.2) is 58.2 Å². The molecule has 0 unspecified atom stereocenters. The number of aromatic nitrogens is 3. The maximum absolute atomic E-state index is 4.40. The Morgan fingerprint density at radius 3 is 2.48 bits per heavy atom. The lowest BCUT2D eigenvalue weighted by Crippen LogP contribution is -2.00. The molecule has 3 nitrogen and oxygen atoms in total. The van der Waals surface area contributed by atoms with Crippen molar-refractivity contribution in [1.82, 2.24) is 14.8 Å².